The molecule has 37 heavy (non-hydrogen) atoms. The van der Waals surface area contributed by atoms with Crippen molar-refractivity contribution in [3.8, 4) is 5.75 Å². The lowest BCUT2D eigenvalue weighted by Gasteiger charge is -2.08. The zero-order chi connectivity index (χ0) is 26.4. The van der Waals surface area contributed by atoms with Crippen LogP contribution in [-0.2, 0) is 16.1 Å². The molecular weight excluding hydrogens is 480 g/mol. The maximum Gasteiger partial charge on any atom is 0.340 e. The lowest BCUT2D eigenvalue weighted by Crippen LogP contribution is -2.24. The van der Waals surface area contributed by atoms with Crippen molar-refractivity contribution in [1.82, 2.24) is 9.99 Å². The van der Waals surface area contributed by atoms with Crippen molar-refractivity contribution in [2.45, 2.75) is 20.4 Å². The fraction of sp³-hybridized carbons (Fsp3) is 0.192. The van der Waals surface area contributed by atoms with Gasteiger partial charge in [-0.2, -0.15) is 5.10 Å². The number of benzene rings is 2. The summed E-state index contributed by atoms with van der Waals surface area (Å²) in [5, 5.41) is 15.2. The number of carbonyl (C=O) groups is 2. The third-order valence-electron chi connectivity index (χ3n) is 5.55. The van der Waals surface area contributed by atoms with E-state index in [9.17, 15) is 19.7 Å². The highest BCUT2D eigenvalue weighted by Gasteiger charge is 2.22. The highest BCUT2D eigenvalue weighted by molar-refractivity contribution is 6.06. The van der Waals surface area contributed by atoms with Crippen molar-refractivity contribution in [3.05, 3.63) is 93.6 Å². The summed E-state index contributed by atoms with van der Waals surface area (Å²) in [5.41, 5.74) is 4.82. The molecule has 4 aromatic rings. The molecule has 0 spiro atoms. The summed E-state index contributed by atoms with van der Waals surface area (Å²) in [6.07, 6.45) is 2.96. The van der Waals surface area contributed by atoms with E-state index in [1.807, 2.05) is 23.6 Å². The summed E-state index contributed by atoms with van der Waals surface area (Å²) in [7, 11) is 0. The predicted molar refractivity (Wildman–Crippen MR) is 135 cm³/mol. The molecule has 2 heterocycles. The Morgan fingerprint density at radius 3 is 2.65 bits per heavy atom. The van der Waals surface area contributed by atoms with Crippen LogP contribution in [0.3, 0.4) is 0 Å². The van der Waals surface area contributed by atoms with E-state index in [4.69, 9.17) is 13.9 Å². The van der Waals surface area contributed by atoms with Gasteiger partial charge in [0.2, 0.25) is 0 Å². The molecule has 0 saturated carbocycles. The molecule has 11 heteroatoms. The zero-order valence-electron chi connectivity index (χ0n) is 20.2. The van der Waals surface area contributed by atoms with E-state index in [1.54, 1.807) is 31.4 Å². The predicted octanol–water partition coefficient (Wildman–Crippen LogP) is 4.21. The van der Waals surface area contributed by atoms with Gasteiger partial charge in [0.15, 0.2) is 6.61 Å². The van der Waals surface area contributed by atoms with Gasteiger partial charge in [0.05, 0.1) is 36.1 Å². The molecule has 0 unspecified atom stereocenters. The lowest BCUT2D eigenvalue weighted by atomic mass is 10.1. The van der Waals surface area contributed by atoms with E-state index in [1.165, 1.54) is 30.5 Å². The number of hydrogen-bond donors (Lipinski definition) is 1. The molecule has 2 aromatic carbocycles. The number of nitro benzene ring substituents is 1. The van der Waals surface area contributed by atoms with Gasteiger partial charge < -0.3 is 18.5 Å². The highest BCUT2D eigenvalue weighted by atomic mass is 16.6. The van der Waals surface area contributed by atoms with Crippen LogP contribution in [0.15, 0.2) is 70.4 Å². The SMILES string of the molecule is CCOC(=O)c1c(C)n(Cc2ccco2)c2ccc(OCC(=O)N/N=C\c3ccc([N+](=O)[O-])cc3)cc12. The van der Waals surface area contributed by atoms with E-state index in [-0.39, 0.29) is 18.9 Å². The average molecular weight is 504 g/mol. The summed E-state index contributed by atoms with van der Waals surface area (Å²) >= 11 is 0. The summed E-state index contributed by atoms with van der Waals surface area (Å²) in [6, 6.07) is 14.6. The Labute approximate surface area is 211 Å². The Morgan fingerprint density at radius 2 is 1.97 bits per heavy atom. The number of non-ortho nitro benzene ring substituents is 1. The number of furan rings is 1. The number of hydrogen-bond acceptors (Lipinski definition) is 8. The Kier molecular flexibility index (Phi) is 7.62. The molecule has 0 radical (unpaired) electrons. The second kappa shape index (κ2) is 11.2. The minimum Gasteiger partial charge on any atom is -0.484 e. The standard InChI is InChI=1S/C26H24N4O7/c1-3-35-26(32)25-17(2)29(15-21-5-4-12-36-21)23-11-10-20(13-22(23)25)37-16-24(31)28-27-14-18-6-8-19(9-7-18)30(33)34/h4-14H,3,15-16H2,1-2H3,(H,28,31)/b27-14-. The largest absolute Gasteiger partial charge is 0.484 e. The van der Waals surface area contributed by atoms with Crippen molar-refractivity contribution in [2.75, 3.05) is 13.2 Å². The van der Waals surface area contributed by atoms with E-state index < -0.39 is 16.8 Å². The van der Waals surface area contributed by atoms with Crippen LogP contribution in [0.1, 0.15) is 34.3 Å². The van der Waals surface area contributed by atoms with E-state index in [0.717, 1.165) is 17.0 Å². The molecule has 0 aliphatic carbocycles. The summed E-state index contributed by atoms with van der Waals surface area (Å²) < 4.78 is 18.3. The van der Waals surface area contributed by atoms with E-state index >= 15 is 0 Å². The first-order valence-corrected chi connectivity index (χ1v) is 11.4. The lowest BCUT2D eigenvalue weighted by molar-refractivity contribution is -0.384. The molecule has 0 bridgehead atoms. The molecule has 0 fully saturated rings. The van der Waals surface area contributed by atoms with E-state index in [0.29, 0.717) is 28.8 Å². The number of nitrogens with zero attached hydrogens (tertiary/aromatic N) is 3. The number of carbonyl (C=O) groups excluding carboxylic acids is 2. The number of fused-ring (bicyclic) bond motifs is 1. The quantitative estimate of drug-likeness (QED) is 0.148. The van der Waals surface area contributed by atoms with Crippen LogP contribution in [0.4, 0.5) is 5.69 Å². The monoisotopic (exact) mass is 504 g/mol. The second-order valence-electron chi connectivity index (χ2n) is 7.96. The van der Waals surface area contributed by atoms with Crippen molar-refractivity contribution in [2.24, 2.45) is 5.10 Å². The number of nitrogens with one attached hydrogen (secondary N) is 1. The normalized spacial score (nSPS) is 11.1. The van der Waals surface area contributed by atoms with Gasteiger partial charge in [-0.05, 0) is 61.9 Å². The van der Waals surface area contributed by atoms with Crippen molar-refractivity contribution >= 4 is 34.7 Å². The molecule has 190 valence electrons. The first-order valence-electron chi connectivity index (χ1n) is 11.4. The van der Waals surface area contributed by atoms with Crippen molar-refractivity contribution in [3.63, 3.8) is 0 Å². The number of rotatable bonds is 10. The van der Waals surface area contributed by atoms with Crippen LogP contribution in [0.5, 0.6) is 5.75 Å². The molecule has 2 aromatic heterocycles. The van der Waals surface area contributed by atoms with E-state index in [2.05, 4.69) is 10.5 Å². The zero-order valence-corrected chi connectivity index (χ0v) is 20.2. The number of ether oxygens (including phenoxy) is 2. The van der Waals surface area contributed by atoms with Crippen LogP contribution in [0, 0.1) is 17.0 Å². The average Bonchev–Trinajstić information content (AvgIpc) is 3.49. The molecule has 0 atom stereocenters. The molecular formula is C26H24N4O7. The number of aromatic nitrogens is 1. The summed E-state index contributed by atoms with van der Waals surface area (Å²) in [5.74, 6) is 0.179. The molecule has 0 aliphatic heterocycles. The Bertz CT molecular complexity index is 1450. The van der Waals surface area contributed by atoms with Crippen molar-refractivity contribution in [1.29, 1.82) is 0 Å². The summed E-state index contributed by atoms with van der Waals surface area (Å²) in [6.45, 7) is 3.94. The van der Waals surface area contributed by atoms with Gasteiger partial charge in [-0.15, -0.1) is 0 Å². The second-order valence-corrected chi connectivity index (χ2v) is 7.96. The fourth-order valence-electron chi connectivity index (χ4n) is 3.82. The summed E-state index contributed by atoms with van der Waals surface area (Å²) in [4.78, 5) is 35.1. The van der Waals surface area contributed by atoms with Crippen LogP contribution in [0.2, 0.25) is 0 Å². The molecule has 1 N–H and O–H groups in total. The van der Waals surface area contributed by atoms with Crippen LogP contribution in [-0.4, -0.2) is 40.8 Å². The van der Waals surface area contributed by atoms with Gasteiger partial charge >= 0.3 is 5.97 Å². The minimum absolute atomic E-state index is 0.0378. The van der Waals surface area contributed by atoms with Crippen LogP contribution in [0.25, 0.3) is 10.9 Å². The molecule has 11 nitrogen and oxygen atoms in total. The third kappa shape index (κ3) is 5.84. The third-order valence-corrected chi connectivity index (χ3v) is 5.55. The number of esters is 1. The highest BCUT2D eigenvalue weighted by Crippen LogP contribution is 2.31. The number of hydrazone groups is 1. The Morgan fingerprint density at radius 1 is 1.19 bits per heavy atom. The van der Waals surface area contributed by atoms with Gasteiger partial charge in [-0.25, -0.2) is 10.2 Å². The Balaban J connectivity index is 1.47. The first-order chi connectivity index (χ1) is 17.9. The van der Waals surface area contributed by atoms with Crippen LogP contribution < -0.4 is 10.2 Å². The Hall–Kier alpha value is -4.93. The minimum atomic E-state index is -0.504. The topological polar surface area (TPSA) is 138 Å². The molecule has 0 aliphatic rings. The molecule has 4 rings (SSSR count). The van der Waals surface area contributed by atoms with Gasteiger partial charge in [-0.3, -0.25) is 14.9 Å². The first kappa shape index (κ1) is 25.2. The maximum absolute atomic E-state index is 12.7. The fourth-order valence-corrected chi connectivity index (χ4v) is 3.82. The number of nitro groups is 1. The van der Waals surface area contributed by atoms with Crippen LogP contribution >= 0.6 is 0 Å². The van der Waals surface area contributed by atoms with Gasteiger partial charge in [-0.1, -0.05) is 0 Å². The maximum atomic E-state index is 12.7. The van der Waals surface area contributed by atoms with Crippen molar-refractivity contribution < 1.29 is 28.4 Å². The number of amides is 1. The van der Waals surface area contributed by atoms with Gasteiger partial charge in [0, 0.05) is 28.7 Å². The molecule has 0 saturated heterocycles. The van der Waals surface area contributed by atoms with Gasteiger partial charge in [0.25, 0.3) is 11.6 Å². The smallest absolute Gasteiger partial charge is 0.340 e. The molecule has 1 amide bonds. The van der Waals surface area contributed by atoms with Gasteiger partial charge in [0.1, 0.15) is 11.5 Å².